The van der Waals surface area contributed by atoms with Crippen LogP contribution in [-0.4, -0.2) is 34.8 Å². The first-order valence-electron chi connectivity index (χ1n) is 7.21. The molecule has 0 saturated heterocycles. The zero-order chi connectivity index (χ0) is 17.5. The van der Waals surface area contributed by atoms with Crippen LogP contribution >= 0.6 is 15.9 Å². The number of hydrogen-bond acceptors (Lipinski definition) is 4. The molecular weight excluding hydrogens is 374 g/mol. The molecule has 2 aromatic carbocycles. The molecule has 0 fully saturated rings. The Kier molecular flexibility index (Phi) is 6.22. The third-order valence-corrected chi connectivity index (χ3v) is 3.77. The summed E-state index contributed by atoms with van der Waals surface area (Å²) in [5, 5.41) is 14.1. The molecule has 0 saturated carbocycles. The molecule has 0 atom stereocenters. The van der Waals surface area contributed by atoms with Crippen LogP contribution in [0.25, 0.3) is 0 Å². The predicted octanol–water partition coefficient (Wildman–Crippen LogP) is 3.06. The zero-order valence-electron chi connectivity index (χ0n) is 12.9. The molecule has 2 amide bonds. The van der Waals surface area contributed by atoms with Gasteiger partial charge in [0, 0.05) is 22.1 Å². The first kappa shape index (κ1) is 17.8. The monoisotopic (exact) mass is 389 g/mol. The number of carbonyl (C=O) groups excluding carboxylic acids is 2. The maximum absolute atomic E-state index is 12.4. The molecule has 0 aliphatic rings. The van der Waals surface area contributed by atoms with Crippen molar-refractivity contribution in [3.63, 3.8) is 0 Å². The molecule has 6 nitrogen and oxygen atoms in total. The van der Waals surface area contributed by atoms with Crippen LogP contribution in [-0.2, 0) is 0 Å². The molecule has 0 spiro atoms. The van der Waals surface area contributed by atoms with E-state index in [9.17, 15) is 9.59 Å². The lowest BCUT2D eigenvalue weighted by Crippen LogP contribution is -2.25. The third kappa shape index (κ3) is 4.50. The number of hydroxylamine groups is 1. The molecule has 2 N–H and O–H groups in total. The van der Waals surface area contributed by atoms with Gasteiger partial charge in [-0.05, 0) is 48.9 Å². The number of nitrogens with zero attached hydrogens (tertiary/aromatic N) is 2. The molecule has 2 aromatic rings. The van der Waals surface area contributed by atoms with Crippen molar-refractivity contribution in [1.82, 2.24) is 10.5 Å². The second kappa shape index (κ2) is 8.37. The normalized spacial score (nSPS) is 10.6. The number of amides is 2. The predicted molar refractivity (Wildman–Crippen MR) is 94.1 cm³/mol. The van der Waals surface area contributed by atoms with Gasteiger partial charge in [0.1, 0.15) is 0 Å². The van der Waals surface area contributed by atoms with E-state index in [2.05, 4.69) is 21.0 Å². The van der Waals surface area contributed by atoms with Gasteiger partial charge < -0.3 is 0 Å². The van der Waals surface area contributed by atoms with E-state index in [0.717, 1.165) is 10.0 Å². The van der Waals surface area contributed by atoms with Crippen molar-refractivity contribution in [3.8, 4) is 0 Å². The molecule has 0 heterocycles. The number of benzene rings is 2. The van der Waals surface area contributed by atoms with Gasteiger partial charge in [-0.25, -0.2) is 10.5 Å². The number of carbonyl (C=O) groups is 2. The second-order valence-corrected chi connectivity index (χ2v) is 5.75. The molecule has 124 valence electrons. The minimum absolute atomic E-state index is 0.197. The first-order valence-corrected chi connectivity index (χ1v) is 8.00. The van der Waals surface area contributed by atoms with Crippen LogP contribution in [0.5, 0.6) is 0 Å². The van der Waals surface area contributed by atoms with Crippen molar-refractivity contribution < 1.29 is 14.8 Å². The van der Waals surface area contributed by atoms with Crippen LogP contribution in [0.15, 0.2) is 58.1 Å². The minimum atomic E-state index is -0.584. The fraction of sp³-hybridized carbons (Fsp3) is 0.118. The largest absolute Gasteiger partial charge is 0.288 e. The lowest BCUT2D eigenvalue weighted by atomic mass is 10.1. The molecule has 0 bridgehead atoms. The Morgan fingerprint density at radius 1 is 1.12 bits per heavy atom. The topological polar surface area (TPSA) is 82.0 Å². The van der Waals surface area contributed by atoms with Crippen LogP contribution in [0, 0.1) is 0 Å². The van der Waals surface area contributed by atoms with E-state index in [1.807, 2.05) is 6.92 Å². The van der Waals surface area contributed by atoms with Gasteiger partial charge in [0.25, 0.3) is 11.8 Å². The van der Waals surface area contributed by atoms with Gasteiger partial charge in [-0.15, -0.1) is 0 Å². The van der Waals surface area contributed by atoms with E-state index in [0.29, 0.717) is 17.7 Å². The highest BCUT2D eigenvalue weighted by atomic mass is 79.9. The second-order valence-electron chi connectivity index (χ2n) is 4.84. The Hall–Kier alpha value is -2.51. The SMILES string of the molecule is CCN(N=Cc1ccc(C(=O)NO)cc1)C(=O)c1ccc(Br)cc1. The average Bonchev–Trinajstić information content (AvgIpc) is 2.62. The summed E-state index contributed by atoms with van der Waals surface area (Å²) in [6.07, 6.45) is 1.54. The summed E-state index contributed by atoms with van der Waals surface area (Å²) < 4.78 is 0.901. The maximum atomic E-state index is 12.4. The number of nitrogens with one attached hydrogen (secondary N) is 1. The van der Waals surface area contributed by atoms with Crippen molar-refractivity contribution in [2.24, 2.45) is 5.10 Å². The third-order valence-electron chi connectivity index (χ3n) is 3.25. The summed E-state index contributed by atoms with van der Waals surface area (Å²) in [4.78, 5) is 23.7. The van der Waals surface area contributed by atoms with E-state index < -0.39 is 5.91 Å². The molecule has 7 heteroatoms. The van der Waals surface area contributed by atoms with E-state index >= 15 is 0 Å². The van der Waals surface area contributed by atoms with Gasteiger partial charge in [0.2, 0.25) is 0 Å². The average molecular weight is 390 g/mol. The number of halogens is 1. The fourth-order valence-electron chi connectivity index (χ4n) is 1.94. The van der Waals surface area contributed by atoms with Crippen LogP contribution < -0.4 is 5.48 Å². The molecule has 24 heavy (non-hydrogen) atoms. The van der Waals surface area contributed by atoms with E-state index in [4.69, 9.17) is 5.21 Å². The summed E-state index contributed by atoms with van der Waals surface area (Å²) in [6.45, 7) is 2.26. The van der Waals surface area contributed by atoms with Crippen LogP contribution in [0.3, 0.4) is 0 Å². The number of rotatable bonds is 5. The van der Waals surface area contributed by atoms with E-state index in [1.54, 1.807) is 60.2 Å². The maximum Gasteiger partial charge on any atom is 0.274 e. The molecule has 0 unspecified atom stereocenters. The standard InChI is InChI=1S/C17H16BrN3O3/c1-2-21(17(23)14-7-9-15(18)10-8-14)19-11-12-3-5-13(6-4-12)16(22)20-24/h3-11,24H,2H2,1H3,(H,20,22). The Morgan fingerprint density at radius 3 is 2.25 bits per heavy atom. The van der Waals surface area contributed by atoms with Gasteiger partial charge in [0.15, 0.2) is 0 Å². The minimum Gasteiger partial charge on any atom is -0.288 e. The van der Waals surface area contributed by atoms with Crippen molar-refractivity contribution in [2.45, 2.75) is 6.92 Å². The van der Waals surface area contributed by atoms with Crippen molar-refractivity contribution in [2.75, 3.05) is 6.54 Å². The molecular formula is C17H16BrN3O3. The summed E-state index contributed by atoms with van der Waals surface area (Å²) in [6, 6.07) is 13.5. The summed E-state index contributed by atoms with van der Waals surface area (Å²) in [7, 11) is 0. The van der Waals surface area contributed by atoms with Crippen molar-refractivity contribution in [1.29, 1.82) is 0 Å². The zero-order valence-corrected chi connectivity index (χ0v) is 14.5. The van der Waals surface area contributed by atoms with Gasteiger partial charge in [-0.2, -0.15) is 5.10 Å². The Morgan fingerprint density at radius 2 is 1.71 bits per heavy atom. The summed E-state index contributed by atoms with van der Waals surface area (Å²) in [5.41, 5.74) is 3.17. The highest BCUT2D eigenvalue weighted by Gasteiger charge is 2.12. The Balaban J connectivity index is 2.11. The molecule has 0 radical (unpaired) electrons. The van der Waals surface area contributed by atoms with Crippen LogP contribution in [0.2, 0.25) is 0 Å². The summed E-state index contributed by atoms with van der Waals surface area (Å²) >= 11 is 3.33. The van der Waals surface area contributed by atoms with E-state index in [1.165, 1.54) is 5.01 Å². The number of hydrogen-bond donors (Lipinski definition) is 2. The molecule has 0 aliphatic carbocycles. The van der Waals surface area contributed by atoms with E-state index in [-0.39, 0.29) is 5.91 Å². The van der Waals surface area contributed by atoms with Crippen LogP contribution in [0.4, 0.5) is 0 Å². The van der Waals surface area contributed by atoms with Gasteiger partial charge >= 0.3 is 0 Å². The Labute approximate surface area is 147 Å². The van der Waals surface area contributed by atoms with Crippen molar-refractivity contribution in [3.05, 3.63) is 69.7 Å². The number of hydrazone groups is 1. The quantitative estimate of drug-likeness (QED) is 0.468. The van der Waals surface area contributed by atoms with Crippen molar-refractivity contribution >= 4 is 34.0 Å². The van der Waals surface area contributed by atoms with Gasteiger partial charge in [-0.3, -0.25) is 14.8 Å². The smallest absolute Gasteiger partial charge is 0.274 e. The van der Waals surface area contributed by atoms with Gasteiger partial charge in [-0.1, -0.05) is 28.1 Å². The molecule has 0 aromatic heterocycles. The van der Waals surface area contributed by atoms with Gasteiger partial charge in [0.05, 0.1) is 6.21 Å². The lowest BCUT2D eigenvalue weighted by Gasteiger charge is -2.14. The molecule has 0 aliphatic heterocycles. The Bertz CT molecular complexity index is 743. The first-order chi connectivity index (χ1) is 11.5. The highest BCUT2D eigenvalue weighted by molar-refractivity contribution is 9.10. The fourth-order valence-corrected chi connectivity index (χ4v) is 2.20. The molecule has 2 rings (SSSR count). The highest BCUT2D eigenvalue weighted by Crippen LogP contribution is 2.12. The summed E-state index contributed by atoms with van der Waals surface area (Å²) in [5.74, 6) is -0.781. The lowest BCUT2D eigenvalue weighted by molar-refractivity contribution is 0.0706. The van der Waals surface area contributed by atoms with Crippen LogP contribution in [0.1, 0.15) is 33.2 Å².